The van der Waals surface area contributed by atoms with Gasteiger partial charge in [0.05, 0.1) is 17.6 Å². The molecule has 1 amide bonds. The highest BCUT2D eigenvalue weighted by molar-refractivity contribution is 7.90. The Kier molecular flexibility index (Phi) is 3.91. The molecule has 5 nitrogen and oxygen atoms in total. The predicted molar refractivity (Wildman–Crippen MR) is 70.9 cm³/mol. The molecule has 0 aromatic heterocycles. The number of sulfone groups is 1. The van der Waals surface area contributed by atoms with Gasteiger partial charge in [-0.25, -0.2) is 8.42 Å². The van der Waals surface area contributed by atoms with E-state index in [9.17, 15) is 13.2 Å². The lowest BCUT2D eigenvalue weighted by Gasteiger charge is -2.31. The lowest BCUT2D eigenvalue weighted by atomic mass is 10.2. The highest BCUT2D eigenvalue weighted by atomic mass is 32.2. The molecule has 1 atom stereocenters. The van der Waals surface area contributed by atoms with E-state index in [1.54, 1.807) is 17.0 Å². The van der Waals surface area contributed by atoms with Crippen molar-refractivity contribution in [2.24, 2.45) is 0 Å². The van der Waals surface area contributed by atoms with Crippen molar-refractivity contribution < 1.29 is 17.9 Å². The van der Waals surface area contributed by atoms with Crippen LogP contribution in [-0.2, 0) is 14.6 Å². The number of ether oxygens (including phenoxy) is 1. The first-order valence-electron chi connectivity index (χ1n) is 6.09. The third-order valence-electron chi connectivity index (χ3n) is 3.04. The first-order valence-corrected chi connectivity index (χ1v) is 7.98. The molecule has 1 aromatic carbocycles. The van der Waals surface area contributed by atoms with Crippen LogP contribution in [0.15, 0.2) is 29.2 Å². The molecule has 1 aliphatic rings. The lowest BCUT2D eigenvalue weighted by Crippen LogP contribution is -2.44. The first-order chi connectivity index (χ1) is 8.88. The van der Waals surface area contributed by atoms with Crippen LogP contribution in [0, 0.1) is 0 Å². The van der Waals surface area contributed by atoms with Crippen molar-refractivity contribution in [3.8, 4) is 0 Å². The molecule has 0 saturated carbocycles. The van der Waals surface area contributed by atoms with Crippen LogP contribution >= 0.6 is 0 Å². The number of benzene rings is 1. The summed E-state index contributed by atoms with van der Waals surface area (Å²) in [5.41, 5.74) is 0.400. The third kappa shape index (κ3) is 3.33. The van der Waals surface area contributed by atoms with Crippen LogP contribution in [0.3, 0.4) is 0 Å². The van der Waals surface area contributed by atoms with Crippen molar-refractivity contribution in [1.82, 2.24) is 4.90 Å². The molecule has 2 rings (SSSR count). The van der Waals surface area contributed by atoms with Crippen LogP contribution < -0.4 is 0 Å². The topological polar surface area (TPSA) is 63.7 Å². The molecule has 0 aliphatic carbocycles. The number of nitrogens with zero attached hydrogens (tertiary/aromatic N) is 1. The summed E-state index contributed by atoms with van der Waals surface area (Å²) in [6, 6.07) is 6.15. The number of carbonyl (C=O) groups excluding carboxylic acids is 1. The second-order valence-electron chi connectivity index (χ2n) is 4.73. The van der Waals surface area contributed by atoms with Gasteiger partial charge in [-0.05, 0) is 25.1 Å². The van der Waals surface area contributed by atoms with E-state index in [4.69, 9.17) is 4.74 Å². The van der Waals surface area contributed by atoms with Gasteiger partial charge < -0.3 is 9.64 Å². The molecule has 1 heterocycles. The minimum Gasteiger partial charge on any atom is -0.375 e. The number of rotatable bonds is 2. The van der Waals surface area contributed by atoms with E-state index in [0.717, 1.165) is 6.26 Å². The zero-order valence-electron chi connectivity index (χ0n) is 11.0. The fourth-order valence-corrected chi connectivity index (χ4v) is 2.71. The SMILES string of the molecule is CC1CN(C(=O)c2cccc(S(C)(=O)=O)c2)CCO1. The Hall–Kier alpha value is -1.40. The first kappa shape index (κ1) is 14.0. The maximum absolute atomic E-state index is 12.3. The van der Waals surface area contributed by atoms with Gasteiger partial charge >= 0.3 is 0 Å². The summed E-state index contributed by atoms with van der Waals surface area (Å²) in [7, 11) is -3.30. The van der Waals surface area contributed by atoms with Crippen molar-refractivity contribution in [3.63, 3.8) is 0 Å². The molecule has 104 valence electrons. The van der Waals surface area contributed by atoms with E-state index in [1.165, 1.54) is 12.1 Å². The van der Waals surface area contributed by atoms with Gasteiger partial charge in [-0.3, -0.25) is 4.79 Å². The van der Waals surface area contributed by atoms with Crippen LogP contribution in [0.4, 0.5) is 0 Å². The van der Waals surface area contributed by atoms with Crippen molar-refractivity contribution in [3.05, 3.63) is 29.8 Å². The largest absolute Gasteiger partial charge is 0.375 e. The van der Waals surface area contributed by atoms with Crippen LogP contribution in [-0.4, -0.2) is 51.3 Å². The maximum Gasteiger partial charge on any atom is 0.254 e. The van der Waals surface area contributed by atoms with Gasteiger partial charge in [0, 0.05) is 24.9 Å². The Morgan fingerprint density at radius 3 is 2.79 bits per heavy atom. The second kappa shape index (κ2) is 5.30. The van der Waals surface area contributed by atoms with Crippen LogP contribution in [0.25, 0.3) is 0 Å². The highest BCUT2D eigenvalue weighted by Crippen LogP contribution is 2.15. The molecule has 6 heteroatoms. The van der Waals surface area contributed by atoms with Crippen molar-refractivity contribution >= 4 is 15.7 Å². The number of carbonyl (C=O) groups is 1. The van der Waals surface area contributed by atoms with Crippen LogP contribution in [0.2, 0.25) is 0 Å². The molecule has 0 spiro atoms. The molecule has 0 radical (unpaired) electrons. The van der Waals surface area contributed by atoms with Gasteiger partial charge in [-0.1, -0.05) is 6.07 Å². The van der Waals surface area contributed by atoms with Gasteiger partial charge in [-0.2, -0.15) is 0 Å². The Labute approximate surface area is 113 Å². The van der Waals surface area contributed by atoms with Crippen LogP contribution in [0.1, 0.15) is 17.3 Å². The molecular weight excluding hydrogens is 266 g/mol. The minimum atomic E-state index is -3.30. The fourth-order valence-electron chi connectivity index (χ4n) is 2.05. The fraction of sp³-hybridized carbons (Fsp3) is 0.462. The Morgan fingerprint density at radius 1 is 1.42 bits per heavy atom. The van der Waals surface area contributed by atoms with E-state index in [2.05, 4.69) is 0 Å². The Balaban J connectivity index is 2.24. The lowest BCUT2D eigenvalue weighted by molar-refractivity contribution is -0.0124. The summed E-state index contributed by atoms with van der Waals surface area (Å²) in [4.78, 5) is 14.2. The summed E-state index contributed by atoms with van der Waals surface area (Å²) < 4.78 is 28.4. The molecule has 1 fully saturated rings. The third-order valence-corrected chi connectivity index (χ3v) is 4.15. The van der Waals surface area contributed by atoms with Crippen molar-refractivity contribution in [2.45, 2.75) is 17.9 Å². The van der Waals surface area contributed by atoms with Crippen molar-refractivity contribution in [2.75, 3.05) is 26.0 Å². The van der Waals surface area contributed by atoms with Gasteiger partial charge in [0.2, 0.25) is 0 Å². The van der Waals surface area contributed by atoms with E-state index < -0.39 is 9.84 Å². The van der Waals surface area contributed by atoms with E-state index in [-0.39, 0.29) is 16.9 Å². The summed E-state index contributed by atoms with van der Waals surface area (Å²) >= 11 is 0. The molecule has 1 saturated heterocycles. The second-order valence-corrected chi connectivity index (χ2v) is 6.75. The highest BCUT2D eigenvalue weighted by Gasteiger charge is 2.23. The zero-order valence-corrected chi connectivity index (χ0v) is 11.8. The predicted octanol–water partition coefficient (Wildman–Crippen LogP) is 0.951. The van der Waals surface area contributed by atoms with Gasteiger partial charge in [-0.15, -0.1) is 0 Å². The summed E-state index contributed by atoms with van der Waals surface area (Å²) in [5, 5.41) is 0. The summed E-state index contributed by atoms with van der Waals surface area (Å²) in [5.74, 6) is -0.152. The zero-order chi connectivity index (χ0) is 14.0. The summed E-state index contributed by atoms with van der Waals surface area (Å²) in [6.45, 7) is 3.49. The summed E-state index contributed by atoms with van der Waals surface area (Å²) in [6.07, 6.45) is 1.14. The van der Waals surface area contributed by atoms with E-state index >= 15 is 0 Å². The van der Waals surface area contributed by atoms with Gasteiger partial charge in [0.1, 0.15) is 0 Å². The molecule has 1 aromatic rings. The maximum atomic E-state index is 12.3. The molecule has 1 unspecified atom stereocenters. The van der Waals surface area contributed by atoms with Crippen LogP contribution in [0.5, 0.6) is 0 Å². The Bertz CT molecular complexity index is 582. The Morgan fingerprint density at radius 2 is 2.16 bits per heavy atom. The number of hydrogen-bond donors (Lipinski definition) is 0. The van der Waals surface area contributed by atoms with Gasteiger partial charge in [0.25, 0.3) is 5.91 Å². The smallest absolute Gasteiger partial charge is 0.254 e. The molecule has 19 heavy (non-hydrogen) atoms. The van der Waals surface area contributed by atoms with Gasteiger partial charge in [0.15, 0.2) is 9.84 Å². The van der Waals surface area contributed by atoms with E-state index in [1.807, 2.05) is 6.92 Å². The van der Waals surface area contributed by atoms with Crippen molar-refractivity contribution in [1.29, 1.82) is 0 Å². The monoisotopic (exact) mass is 283 g/mol. The molecular formula is C13H17NO4S. The number of morpholine rings is 1. The molecule has 0 N–H and O–H groups in total. The molecule has 0 bridgehead atoms. The standard InChI is InChI=1S/C13H17NO4S/c1-10-9-14(6-7-18-10)13(15)11-4-3-5-12(8-11)19(2,16)17/h3-5,8,10H,6-7,9H2,1-2H3. The van der Waals surface area contributed by atoms with E-state index in [0.29, 0.717) is 25.3 Å². The average Bonchev–Trinajstić information content (AvgIpc) is 2.37. The number of hydrogen-bond acceptors (Lipinski definition) is 4. The quantitative estimate of drug-likeness (QED) is 0.810. The average molecular weight is 283 g/mol. The minimum absolute atomic E-state index is 0.00999. The number of amides is 1. The molecule has 1 aliphatic heterocycles. The normalized spacial score (nSPS) is 20.3.